The van der Waals surface area contributed by atoms with Crippen LogP contribution in [0.1, 0.15) is 31.2 Å². The van der Waals surface area contributed by atoms with Gasteiger partial charge in [0.15, 0.2) is 0 Å². The van der Waals surface area contributed by atoms with Crippen LogP contribution in [0.3, 0.4) is 0 Å². The molecule has 1 aliphatic heterocycles. The summed E-state index contributed by atoms with van der Waals surface area (Å²) in [6.07, 6.45) is 7.00. The Morgan fingerprint density at radius 3 is 2.65 bits per heavy atom. The summed E-state index contributed by atoms with van der Waals surface area (Å²) in [4.78, 5) is 28.6. The Labute approximate surface area is 153 Å². The summed E-state index contributed by atoms with van der Waals surface area (Å²) < 4.78 is 1.81. The number of carbonyl (C=O) groups is 2. The topological polar surface area (TPSA) is 58.4 Å². The van der Waals surface area contributed by atoms with E-state index in [0.717, 1.165) is 24.1 Å². The molecule has 0 unspecified atom stereocenters. The Morgan fingerprint density at radius 2 is 2.00 bits per heavy atom. The van der Waals surface area contributed by atoms with Gasteiger partial charge < -0.3 is 9.80 Å². The van der Waals surface area contributed by atoms with Gasteiger partial charge in [0.25, 0.3) is 0 Å². The normalized spacial score (nSPS) is 20.3. The van der Waals surface area contributed by atoms with Gasteiger partial charge in [-0.2, -0.15) is 5.10 Å². The van der Waals surface area contributed by atoms with Crippen LogP contribution in [0.15, 0.2) is 42.7 Å². The van der Waals surface area contributed by atoms with E-state index in [4.69, 9.17) is 0 Å². The molecular formula is C20H24N4O2. The fourth-order valence-electron chi connectivity index (χ4n) is 3.65. The maximum atomic E-state index is 12.8. The molecule has 0 bridgehead atoms. The molecule has 1 atom stereocenters. The molecule has 4 rings (SSSR count). The van der Waals surface area contributed by atoms with Crippen LogP contribution in [-0.4, -0.2) is 51.0 Å². The molecule has 2 fully saturated rings. The number of rotatable bonds is 5. The first-order chi connectivity index (χ1) is 12.6. The minimum Gasteiger partial charge on any atom is -0.341 e. The van der Waals surface area contributed by atoms with E-state index in [1.54, 1.807) is 11.1 Å². The van der Waals surface area contributed by atoms with E-state index in [9.17, 15) is 9.59 Å². The molecule has 2 heterocycles. The highest BCUT2D eigenvalue weighted by Crippen LogP contribution is 2.32. The van der Waals surface area contributed by atoms with Crippen molar-refractivity contribution in [3.63, 3.8) is 0 Å². The molecule has 136 valence electrons. The van der Waals surface area contributed by atoms with Gasteiger partial charge in [-0.3, -0.25) is 9.59 Å². The highest BCUT2D eigenvalue weighted by molar-refractivity contribution is 5.84. The van der Waals surface area contributed by atoms with Crippen molar-refractivity contribution in [2.75, 3.05) is 13.6 Å². The molecule has 1 aromatic heterocycles. The molecule has 6 heteroatoms. The Bertz CT molecular complexity index is 781. The molecule has 2 amide bonds. The number of likely N-dealkylation sites (tertiary alicyclic amines) is 1. The van der Waals surface area contributed by atoms with Gasteiger partial charge in [-0.1, -0.05) is 12.1 Å². The maximum absolute atomic E-state index is 12.8. The molecule has 1 aliphatic carbocycles. The molecule has 0 radical (unpaired) electrons. The van der Waals surface area contributed by atoms with Crippen molar-refractivity contribution in [3.05, 3.63) is 48.3 Å². The summed E-state index contributed by atoms with van der Waals surface area (Å²) in [5.41, 5.74) is 2.08. The Balaban J connectivity index is 1.37. The smallest absolute Gasteiger partial charge is 0.227 e. The van der Waals surface area contributed by atoms with E-state index in [1.165, 1.54) is 0 Å². The molecule has 26 heavy (non-hydrogen) atoms. The van der Waals surface area contributed by atoms with Crippen LogP contribution in [0.2, 0.25) is 0 Å². The number of benzene rings is 1. The average Bonchev–Trinajstić information content (AvgIpc) is 3.35. The van der Waals surface area contributed by atoms with Crippen molar-refractivity contribution in [2.45, 2.75) is 38.3 Å². The van der Waals surface area contributed by atoms with E-state index in [1.807, 2.05) is 53.2 Å². The second kappa shape index (κ2) is 6.94. The van der Waals surface area contributed by atoms with Crippen molar-refractivity contribution < 1.29 is 9.59 Å². The number of hydrogen-bond donors (Lipinski definition) is 0. The van der Waals surface area contributed by atoms with Gasteiger partial charge in [-0.05, 0) is 43.0 Å². The first-order valence-electron chi connectivity index (χ1n) is 9.25. The minimum atomic E-state index is -0.0679. The predicted molar refractivity (Wildman–Crippen MR) is 97.5 cm³/mol. The number of aromatic nitrogens is 2. The number of nitrogens with zero attached hydrogens (tertiary/aromatic N) is 4. The van der Waals surface area contributed by atoms with Crippen LogP contribution in [0.5, 0.6) is 0 Å². The molecule has 1 saturated carbocycles. The summed E-state index contributed by atoms with van der Waals surface area (Å²) in [6.45, 7) is 1.16. The Morgan fingerprint density at radius 1 is 1.23 bits per heavy atom. The summed E-state index contributed by atoms with van der Waals surface area (Å²) >= 11 is 0. The van der Waals surface area contributed by atoms with Crippen LogP contribution in [0.25, 0.3) is 5.69 Å². The van der Waals surface area contributed by atoms with Crippen molar-refractivity contribution in [1.82, 2.24) is 19.6 Å². The van der Waals surface area contributed by atoms with E-state index in [-0.39, 0.29) is 17.7 Å². The van der Waals surface area contributed by atoms with E-state index in [0.29, 0.717) is 32.0 Å². The highest BCUT2D eigenvalue weighted by atomic mass is 16.2. The molecule has 1 aromatic carbocycles. The fraction of sp³-hybridized carbons (Fsp3) is 0.450. The third-order valence-corrected chi connectivity index (χ3v) is 5.28. The minimum absolute atomic E-state index is 0.0679. The molecule has 0 spiro atoms. The van der Waals surface area contributed by atoms with Gasteiger partial charge in [0, 0.05) is 45.0 Å². The fourth-order valence-corrected chi connectivity index (χ4v) is 3.65. The second-order valence-electron chi connectivity index (χ2n) is 7.32. The van der Waals surface area contributed by atoms with Crippen molar-refractivity contribution in [1.29, 1.82) is 0 Å². The standard InChI is InChI=1S/C20H24N4O2/c1-22(13-15-3-6-18(7-4-15)24-12-2-11-21-24)20(26)16-5-10-19(25)23(14-16)17-8-9-17/h2-4,6-7,11-12,16-17H,5,8-10,13-14H2,1H3/t16-/m1/s1. The molecule has 2 aliphatic rings. The summed E-state index contributed by atoms with van der Waals surface area (Å²) in [5.74, 6) is 0.286. The van der Waals surface area contributed by atoms with Crippen molar-refractivity contribution >= 4 is 11.8 Å². The summed E-state index contributed by atoms with van der Waals surface area (Å²) in [6, 6.07) is 10.4. The van der Waals surface area contributed by atoms with Crippen LogP contribution in [0.4, 0.5) is 0 Å². The molecule has 0 N–H and O–H groups in total. The van der Waals surface area contributed by atoms with E-state index >= 15 is 0 Å². The highest BCUT2D eigenvalue weighted by Gasteiger charge is 2.39. The monoisotopic (exact) mass is 352 g/mol. The van der Waals surface area contributed by atoms with Crippen LogP contribution in [-0.2, 0) is 16.1 Å². The third kappa shape index (κ3) is 3.49. The summed E-state index contributed by atoms with van der Waals surface area (Å²) in [5, 5.41) is 4.22. The Hall–Kier alpha value is -2.63. The lowest BCUT2D eigenvalue weighted by atomic mass is 9.95. The lowest BCUT2D eigenvalue weighted by molar-refractivity contribution is -0.143. The average molecular weight is 352 g/mol. The van der Waals surface area contributed by atoms with Crippen LogP contribution >= 0.6 is 0 Å². The molecule has 2 aromatic rings. The van der Waals surface area contributed by atoms with Gasteiger partial charge in [-0.25, -0.2) is 4.68 Å². The van der Waals surface area contributed by atoms with Gasteiger partial charge in [0.05, 0.1) is 11.6 Å². The molecular weight excluding hydrogens is 328 g/mol. The van der Waals surface area contributed by atoms with E-state index in [2.05, 4.69) is 5.10 Å². The lowest BCUT2D eigenvalue weighted by Gasteiger charge is -2.34. The molecule has 6 nitrogen and oxygen atoms in total. The SMILES string of the molecule is CN(Cc1ccc(-n2cccn2)cc1)C(=O)[C@@H]1CCC(=O)N(C2CC2)C1. The van der Waals surface area contributed by atoms with Crippen LogP contribution in [0, 0.1) is 5.92 Å². The van der Waals surface area contributed by atoms with Gasteiger partial charge >= 0.3 is 0 Å². The first kappa shape index (κ1) is 16.8. The predicted octanol–water partition coefficient (Wildman–Crippen LogP) is 2.23. The van der Waals surface area contributed by atoms with Crippen molar-refractivity contribution in [2.24, 2.45) is 5.92 Å². The number of piperidine rings is 1. The zero-order valence-corrected chi connectivity index (χ0v) is 15.0. The zero-order valence-electron chi connectivity index (χ0n) is 15.0. The van der Waals surface area contributed by atoms with Gasteiger partial charge in [0.1, 0.15) is 0 Å². The third-order valence-electron chi connectivity index (χ3n) is 5.28. The second-order valence-corrected chi connectivity index (χ2v) is 7.32. The molecule has 1 saturated heterocycles. The maximum Gasteiger partial charge on any atom is 0.227 e. The lowest BCUT2D eigenvalue weighted by Crippen LogP contribution is -2.46. The Kier molecular flexibility index (Phi) is 4.49. The van der Waals surface area contributed by atoms with Gasteiger partial charge in [0.2, 0.25) is 11.8 Å². The van der Waals surface area contributed by atoms with E-state index < -0.39 is 0 Å². The first-order valence-corrected chi connectivity index (χ1v) is 9.25. The number of carbonyl (C=O) groups excluding carboxylic acids is 2. The summed E-state index contributed by atoms with van der Waals surface area (Å²) in [7, 11) is 1.85. The van der Waals surface area contributed by atoms with Gasteiger partial charge in [-0.15, -0.1) is 0 Å². The quantitative estimate of drug-likeness (QED) is 0.829. The van der Waals surface area contributed by atoms with Crippen molar-refractivity contribution in [3.8, 4) is 5.69 Å². The largest absolute Gasteiger partial charge is 0.341 e. The number of amides is 2. The van der Waals surface area contributed by atoms with Crippen LogP contribution < -0.4 is 0 Å². The number of hydrogen-bond acceptors (Lipinski definition) is 3. The zero-order chi connectivity index (χ0) is 18.1.